The van der Waals surface area contributed by atoms with Crippen LogP contribution in [0.25, 0.3) is 0 Å². The predicted molar refractivity (Wildman–Crippen MR) is 137 cm³/mol. The van der Waals surface area contributed by atoms with Crippen molar-refractivity contribution in [3.05, 3.63) is 95.6 Å². The molecule has 0 heterocycles. The second-order valence-electron chi connectivity index (χ2n) is 8.37. The first-order chi connectivity index (χ1) is 16.9. The van der Waals surface area contributed by atoms with Gasteiger partial charge in [-0.05, 0) is 55.8 Å². The zero-order valence-electron chi connectivity index (χ0n) is 20.3. The van der Waals surface area contributed by atoms with Gasteiger partial charge >= 0.3 is 7.82 Å². The molecule has 0 aromatic heterocycles. The molecule has 1 atom stereocenters. The molecule has 0 spiro atoms. The molecule has 3 aromatic carbocycles. The zero-order valence-corrected chi connectivity index (χ0v) is 21.2. The highest BCUT2D eigenvalue weighted by Gasteiger charge is 2.20. The summed E-state index contributed by atoms with van der Waals surface area (Å²) in [7, 11) is -0.315. The Morgan fingerprint density at radius 2 is 1.31 bits per heavy atom. The second-order valence-corrected chi connectivity index (χ2v) is 9.82. The first-order valence-electron chi connectivity index (χ1n) is 11.6. The fraction of sp³-hybridized carbons (Fsp3) is 0.333. The number of aryl methyl sites for hydroxylation is 1. The van der Waals surface area contributed by atoms with Crippen molar-refractivity contribution in [2.45, 2.75) is 26.1 Å². The lowest BCUT2D eigenvalue weighted by Gasteiger charge is -2.15. The fourth-order valence-corrected chi connectivity index (χ4v) is 3.99. The van der Waals surface area contributed by atoms with E-state index >= 15 is 0 Å². The van der Waals surface area contributed by atoms with Crippen LogP contribution in [-0.2, 0) is 33.2 Å². The van der Waals surface area contributed by atoms with E-state index in [4.69, 9.17) is 18.5 Å². The number of ether oxygens (including phenoxy) is 2. The van der Waals surface area contributed by atoms with Gasteiger partial charge in [-0.25, -0.2) is 4.57 Å². The van der Waals surface area contributed by atoms with E-state index in [2.05, 4.69) is 0 Å². The number of rotatable bonds is 15. The van der Waals surface area contributed by atoms with Gasteiger partial charge in [0.25, 0.3) is 0 Å². The van der Waals surface area contributed by atoms with Crippen LogP contribution in [0.3, 0.4) is 0 Å². The van der Waals surface area contributed by atoms with Crippen molar-refractivity contribution in [2.24, 2.45) is 0 Å². The van der Waals surface area contributed by atoms with Crippen molar-refractivity contribution < 1.29 is 28.0 Å². The van der Waals surface area contributed by atoms with Crippen LogP contribution in [0.4, 0.5) is 0 Å². The summed E-state index contributed by atoms with van der Waals surface area (Å²) >= 11 is 0. The van der Waals surface area contributed by atoms with Gasteiger partial charge < -0.3 is 19.3 Å². The van der Waals surface area contributed by atoms with Crippen molar-refractivity contribution in [2.75, 3.05) is 33.9 Å². The van der Waals surface area contributed by atoms with Gasteiger partial charge in [0.15, 0.2) is 11.5 Å². The Kier molecular flexibility index (Phi) is 10.8. The SMILES string of the molecule is CN(C)CCOP(=O)(O)OCCCc1ccc(OCc2ccccc2)c(OCc2ccccc2)c1. The molecule has 0 saturated heterocycles. The largest absolute Gasteiger partial charge is 0.485 e. The van der Waals surface area contributed by atoms with Crippen LogP contribution in [0.1, 0.15) is 23.1 Å². The molecule has 0 saturated carbocycles. The normalized spacial score (nSPS) is 12.9. The smallest absolute Gasteiger partial charge is 0.472 e. The number of likely N-dealkylation sites (N-methyl/N-ethyl adjacent to an activating group) is 1. The van der Waals surface area contributed by atoms with Gasteiger partial charge in [-0.1, -0.05) is 66.7 Å². The molecular formula is C27H34NO6P. The van der Waals surface area contributed by atoms with Gasteiger partial charge in [0.2, 0.25) is 0 Å². The van der Waals surface area contributed by atoms with E-state index in [0.717, 1.165) is 16.7 Å². The molecule has 3 rings (SSSR count). The van der Waals surface area contributed by atoms with Gasteiger partial charge in [-0.15, -0.1) is 0 Å². The molecule has 35 heavy (non-hydrogen) atoms. The quantitative estimate of drug-likeness (QED) is 0.219. The third kappa shape index (κ3) is 10.2. The maximum absolute atomic E-state index is 12.0. The minimum absolute atomic E-state index is 0.113. The van der Waals surface area contributed by atoms with Gasteiger partial charge in [0.1, 0.15) is 13.2 Å². The first-order valence-corrected chi connectivity index (χ1v) is 13.1. The Balaban J connectivity index is 1.57. The summed E-state index contributed by atoms with van der Waals surface area (Å²) in [4.78, 5) is 11.7. The maximum Gasteiger partial charge on any atom is 0.472 e. The monoisotopic (exact) mass is 499 g/mol. The lowest BCUT2D eigenvalue weighted by atomic mass is 10.1. The molecule has 3 aromatic rings. The lowest BCUT2D eigenvalue weighted by molar-refractivity contribution is 0.139. The highest BCUT2D eigenvalue weighted by atomic mass is 31.2. The molecule has 0 aliphatic carbocycles. The molecule has 1 N–H and O–H groups in total. The Hall–Kier alpha value is -2.67. The minimum Gasteiger partial charge on any atom is -0.485 e. The van der Waals surface area contributed by atoms with Crippen molar-refractivity contribution in [3.8, 4) is 11.5 Å². The summed E-state index contributed by atoms with van der Waals surface area (Å²) < 4.78 is 34.2. The Labute approximate surface area is 207 Å². The molecule has 0 fully saturated rings. The molecule has 0 aliphatic rings. The average molecular weight is 500 g/mol. The lowest BCUT2D eigenvalue weighted by Crippen LogP contribution is -2.17. The summed E-state index contributed by atoms with van der Waals surface area (Å²) in [5.41, 5.74) is 3.15. The number of nitrogens with zero attached hydrogens (tertiary/aromatic N) is 1. The van der Waals surface area contributed by atoms with Crippen molar-refractivity contribution >= 4 is 7.82 Å². The van der Waals surface area contributed by atoms with E-state index in [1.54, 1.807) is 0 Å². The van der Waals surface area contributed by atoms with E-state index in [1.807, 2.05) is 97.9 Å². The summed E-state index contributed by atoms with van der Waals surface area (Å²) in [5, 5.41) is 0. The molecule has 0 radical (unpaired) electrons. The van der Waals surface area contributed by atoms with Crippen LogP contribution in [0, 0.1) is 0 Å². The Morgan fingerprint density at radius 1 is 0.743 bits per heavy atom. The molecule has 8 heteroatoms. The third-order valence-corrected chi connectivity index (χ3v) is 6.16. The van der Waals surface area contributed by atoms with E-state index in [0.29, 0.717) is 44.1 Å². The third-order valence-electron chi connectivity index (χ3n) is 5.14. The summed E-state index contributed by atoms with van der Waals surface area (Å²) in [6, 6.07) is 25.8. The standard InChI is InChI=1S/C27H34NO6P/c1-28(2)17-19-34-35(29,30)33-18-9-14-23-15-16-26(31-21-24-10-5-3-6-11-24)27(20-23)32-22-25-12-7-4-8-13-25/h3-8,10-13,15-16,20H,9,14,17-19,21-22H2,1-2H3,(H,29,30). The van der Waals surface area contributed by atoms with Crippen molar-refractivity contribution in [1.29, 1.82) is 0 Å². The minimum atomic E-state index is -4.04. The van der Waals surface area contributed by atoms with Gasteiger partial charge in [-0.3, -0.25) is 9.05 Å². The molecule has 0 amide bonds. The van der Waals surface area contributed by atoms with E-state index in [9.17, 15) is 9.46 Å². The van der Waals surface area contributed by atoms with Gasteiger partial charge in [-0.2, -0.15) is 0 Å². The number of hydrogen-bond donors (Lipinski definition) is 1. The summed E-state index contributed by atoms with van der Waals surface area (Å²) in [5.74, 6) is 1.32. The molecule has 1 unspecified atom stereocenters. The molecule has 0 bridgehead atoms. The number of phosphoric ester groups is 1. The fourth-order valence-electron chi connectivity index (χ4n) is 3.24. The predicted octanol–water partition coefficient (Wildman–Crippen LogP) is 5.47. The first kappa shape index (κ1) is 26.9. The topological polar surface area (TPSA) is 77.5 Å². The number of phosphoric acid groups is 1. The number of benzene rings is 3. The molecule has 0 aliphatic heterocycles. The van der Waals surface area contributed by atoms with Crippen LogP contribution >= 0.6 is 7.82 Å². The van der Waals surface area contributed by atoms with Crippen LogP contribution < -0.4 is 9.47 Å². The zero-order chi connectivity index (χ0) is 24.9. The van der Waals surface area contributed by atoms with E-state index < -0.39 is 7.82 Å². The van der Waals surface area contributed by atoms with Crippen LogP contribution in [0.5, 0.6) is 11.5 Å². The molecule has 188 valence electrons. The van der Waals surface area contributed by atoms with Crippen molar-refractivity contribution in [1.82, 2.24) is 4.90 Å². The van der Waals surface area contributed by atoms with Crippen LogP contribution in [-0.4, -0.2) is 43.6 Å². The molecule has 7 nitrogen and oxygen atoms in total. The highest BCUT2D eigenvalue weighted by Crippen LogP contribution is 2.43. The molecular weight excluding hydrogens is 465 g/mol. The van der Waals surface area contributed by atoms with Crippen LogP contribution in [0.2, 0.25) is 0 Å². The van der Waals surface area contributed by atoms with E-state index in [1.165, 1.54) is 0 Å². The summed E-state index contributed by atoms with van der Waals surface area (Å²) in [6.07, 6.45) is 1.21. The highest BCUT2D eigenvalue weighted by molar-refractivity contribution is 7.47. The van der Waals surface area contributed by atoms with Crippen molar-refractivity contribution in [3.63, 3.8) is 0 Å². The average Bonchev–Trinajstić information content (AvgIpc) is 2.85. The van der Waals surface area contributed by atoms with Gasteiger partial charge in [0, 0.05) is 6.54 Å². The second kappa shape index (κ2) is 14.0. The van der Waals surface area contributed by atoms with Gasteiger partial charge in [0.05, 0.1) is 13.2 Å². The summed E-state index contributed by atoms with van der Waals surface area (Å²) in [6.45, 7) is 1.65. The Bertz CT molecular complexity index is 1060. The Morgan fingerprint density at radius 3 is 1.91 bits per heavy atom. The van der Waals surface area contributed by atoms with E-state index in [-0.39, 0.29) is 13.2 Å². The number of hydrogen-bond acceptors (Lipinski definition) is 6. The van der Waals surface area contributed by atoms with Crippen LogP contribution in [0.15, 0.2) is 78.9 Å². The maximum atomic E-state index is 12.0.